The van der Waals surface area contributed by atoms with Gasteiger partial charge in [0.15, 0.2) is 5.03 Å². The van der Waals surface area contributed by atoms with E-state index in [1.165, 1.54) is 4.31 Å². The Labute approximate surface area is 120 Å². The van der Waals surface area contributed by atoms with Gasteiger partial charge in [0.25, 0.3) is 10.0 Å². The third-order valence-electron chi connectivity index (χ3n) is 3.44. The summed E-state index contributed by atoms with van der Waals surface area (Å²) in [7, 11) is -1.81. The minimum atomic E-state index is -3.45. The number of sulfonamides is 1. The van der Waals surface area contributed by atoms with Crippen LogP contribution in [0.1, 0.15) is 19.8 Å². The van der Waals surface area contributed by atoms with Gasteiger partial charge in [-0.05, 0) is 32.9 Å². The van der Waals surface area contributed by atoms with E-state index in [4.69, 9.17) is 0 Å². The Balaban J connectivity index is 0.00000180. The van der Waals surface area contributed by atoms with E-state index >= 15 is 0 Å². The number of aromatic nitrogens is 2. The Morgan fingerprint density at radius 2 is 2.11 bits per heavy atom. The molecule has 0 saturated carbocycles. The lowest BCUT2D eigenvalue weighted by atomic mass is 10.1. The minimum Gasteiger partial charge on any atom is -0.336 e. The molecule has 110 valence electrons. The zero-order valence-corrected chi connectivity index (χ0v) is 12.9. The number of hydrogen-bond acceptors (Lipinski definition) is 4. The van der Waals surface area contributed by atoms with Gasteiger partial charge in [-0.15, -0.1) is 12.4 Å². The van der Waals surface area contributed by atoms with E-state index < -0.39 is 10.0 Å². The number of imidazole rings is 1. The minimum absolute atomic E-state index is 0. The van der Waals surface area contributed by atoms with Crippen molar-refractivity contribution in [2.24, 2.45) is 0 Å². The second kappa shape index (κ2) is 6.69. The van der Waals surface area contributed by atoms with Crippen molar-refractivity contribution >= 4 is 22.4 Å². The average molecular weight is 309 g/mol. The van der Waals surface area contributed by atoms with Crippen molar-refractivity contribution < 1.29 is 8.42 Å². The van der Waals surface area contributed by atoms with E-state index in [-0.39, 0.29) is 23.5 Å². The molecule has 0 spiro atoms. The molecule has 0 aliphatic carbocycles. The van der Waals surface area contributed by atoms with Crippen LogP contribution in [0.4, 0.5) is 0 Å². The molecule has 0 amide bonds. The summed E-state index contributed by atoms with van der Waals surface area (Å²) in [5.74, 6) is 0. The summed E-state index contributed by atoms with van der Waals surface area (Å²) in [6, 6.07) is 0.0722. The van der Waals surface area contributed by atoms with E-state index in [2.05, 4.69) is 10.3 Å². The summed E-state index contributed by atoms with van der Waals surface area (Å²) in [6.07, 6.45) is 4.85. The highest BCUT2D eigenvalue weighted by Crippen LogP contribution is 2.19. The third kappa shape index (κ3) is 3.47. The highest BCUT2D eigenvalue weighted by molar-refractivity contribution is 7.89. The van der Waals surface area contributed by atoms with Crippen LogP contribution in [-0.4, -0.2) is 48.5 Å². The van der Waals surface area contributed by atoms with Gasteiger partial charge in [-0.3, -0.25) is 0 Å². The van der Waals surface area contributed by atoms with Gasteiger partial charge in [0.2, 0.25) is 0 Å². The summed E-state index contributed by atoms with van der Waals surface area (Å²) in [4.78, 5) is 3.99. The van der Waals surface area contributed by atoms with Crippen molar-refractivity contribution in [2.45, 2.75) is 37.4 Å². The van der Waals surface area contributed by atoms with Gasteiger partial charge < -0.3 is 9.88 Å². The van der Waals surface area contributed by atoms with E-state index in [9.17, 15) is 8.42 Å². The second-order valence-electron chi connectivity index (χ2n) is 4.54. The number of aryl methyl sites for hydroxylation is 1. The average Bonchev–Trinajstić information content (AvgIpc) is 2.88. The molecule has 1 aromatic heterocycles. The summed E-state index contributed by atoms with van der Waals surface area (Å²) >= 11 is 0. The van der Waals surface area contributed by atoms with Gasteiger partial charge in [-0.2, -0.15) is 4.31 Å². The number of hydrogen-bond donors (Lipinski definition) is 1. The molecule has 2 rings (SSSR count). The van der Waals surface area contributed by atoms with Crippen molar-refractivity contribution in [3.05, 3.63) is 12.5 Å². The van der Waals surface area contributed by atoms with Crippen molar-refractivity contribution in [1.29, 1.82) is 0 Å². The van der Waals surface area contributed by atoms with Crippen LogP contribution in [0.5, 0.6) is 0 Å². The maximum absolute atomic E-state index is 12.4. The predicted octanol–water partition coefficient (Wildman–Crippen LogP) is 0.697. The van der Waals surface area contributed by atoms with Crippen LogP contribution in [0, 0.1) is 0 Å². The maximum Gasteiger partial charge on any atom is 0.262 e. The summed E-state index contributed by atoms with van der Waals surface area (Å²) in [5, 5.41) is 3.38. The Morgan fingerprint density at radius 3 is 2.63 bits per heavy atom. The van der Waals surface area contributed by atoms with E-state index in [0.717, 1.165) is 32.5 Å². The third-order valence-corrected chi connectivity index (χ3v) is 5.24. The van der Waals surface area contributed by atoms with Crippen molar-refractivity contribution in [1.82, 2.24) is 19.2 Å². The summed E-state index contributed by atoms with van der Waals surface area (Å²) in [5.41, 5.74) is 0. The van der Waals surface area contributed by atoms with Gasteiger partial charge in [-0.25, -0.2) is 13.4 Å². The SMILES string of the molecule is CCn1cnc(S(=O)(=O)N(C)C2CCNCC2)c1.Cl. The molecule has 1 aliphatic heterocycles. The molecule has 2 heterocycles. The zero-order valence-electron chi connectivity index (χ0n) is 11.2. The molecule has 6 nitrogen and oxygen atoms in total. The van der Waals surface area contributed by atoms with Crippen LogP contribution in [0.2, 0.25) is 0 Å². The van der Waals surface area contributed by atoms with Crippen LogP contribution in [0.3, 0.4) is 0 Å². The molecule has 1 aliphatic rings. The van der Waals surface area contributed by atoms with Gasteiger partial charge in [0.05, 0.1) is 6.33 Å². The van der Waals surface area contributed by atoms with Gasteiger partial charge in [0, 0.05) is 25.8 Å². The smallest absolute Gasteiger partial charge is 0.262 e. The van der Waals surface area contributed by atoms with E-state index in [0.29, 0.717) is 0 Å². The van der Waals surface area contributed by atoms with Gasteiger partial charge in [-0.1, -0.05) is 0 Å². The molecule has 0 aromatic carbocycles. The van der Waals surface area contributed by atoms with E-state index in [1.807, 2.05) is 6.92 Å². The van der Waals surface area contributed by atoms with Crippen molar-refractivity contribution in [2.75, 3.05) is 20.1 Å². The molecule has 19 heavy (non-hydrogen) atoms. The Hall–Kier alpha value is -0.630. The fraction of sp³-hybridized carbons (Fsp3) is 0.727. The van der Waals surface area contributed by atoms with Gasteiger partial charge >= 0.3 is 0 Å². The first kappa shape index (κ1) is 16.4. The molecular formula is C11H21ClN4O2S. The lowest BCUT2D eigenvalue weighted by Crippen LogP contribution is -2.43. The lowest BCUT2D eigenvalue weighted by molar-refractivity contribution is 0.296. The van der Waals surface area contributed by atoms with Crippen LogP contribution >= 0.6 is 12.4 Å². The quantitative estimate of drug-likeness (QED) is 0.889. The van der Waals surface area contributed by atoms with Crippen LogP contribution in [-0.2, 0) is 16.6 Å². The number of nitrogens with zero attached hydrogens (tertiary/aromatic N) is 3. The molecule has 0 bridgehead atoms. The van der Waals surface area contributed by atoms with Crippen LogP contribution in [0.15, 0.2) is 17.6 Å². The molecule has 1 N–H and O–H groups in total. The highest BCUT2D eigenvalue weighted by atomic mass is 35.5. The molecule has 0 radical (unpaired) electrons. The number of halogens is 1. The Morgan fingerprint density at radius 1 is 1.47 bits per heavy atom. The number of nitrogens with one attached hydrogen (secondary N) is 1. The lowest BCUT2D eigenvalue weighted by Gasteiger charge is -2.30. The molecule has 8 heteroatoms. The fourth-order valence-corrected chi connectivity index (χ4v) is 3.51. The number of rotatable bonds is 4. The predicted molar refractivity (Wildman–Crippen MR) is 76.0 cm³/mol. The normalized spacial score (nSPS) is 17.4. The maximum atomic E-state index is 12.4. The zero-order chi connectivity index (χ0) is 13.2. The molecule has 1 fully saturated rings. The first-order valence-electron chi connectivity index (χ1n) is 6.26. The number of piperidine rings is 1. The highest BCUT2D eigenvalue weighted by Gasteiger charge is 2.30. The molecule has 1 saturated heterocycles. The second-order valence-corrected chi connectivity index (χ2v) is 6.49. The fourth-order valence-electron chi connectivity index (χ4n) is 2.16. The van der Waals surface area contributed by atoms with Crippen molar-refractivity contribution in [3.8, 4) is 0 Å². The van der Waals surface area contributed by atoms with Crippen molar-refractivity contribution in [3.63, 3.8) is 0 Å². The Bertz CT molecular complexity index is 497. The topological polar surface area (TPSA) is 67.2 Å². The molecular weight excluding hydrogens is 288 g/mol. The first-order valence-corrected chi connectivity index (χ1v) is 7.70. The summed E-state index contributed by atoms with van der Waals surface area (Å²) < 4.78 is 28.0. The largest absolute Gasteiger partial charge is 0.336 e. The Kier molecular flexibility index (Phi) is 5.79. The van der Waals surface area contributed by atoms with Gasteiger partial charge in [0.1, 0.15) is 0 Å². The first-order chi connectivity index (χ1) is 8.55. The molecule has 0 unspecified atom stereocenters. The summed E-state index contributed by atoms with van der Waals surface area (Å²) in [6.45, 7) is 4.41. The van der Waals surface area contributed by atoms with E-state index in [1.54, 1.807) is 24.1 Å². The monoisotopic (exact) mass is 308 g/mol. The van der Waals surface area contributed by atoms with Crippen LogP contribution < -0.4 is 5.32 Å². The molecule has 0 atom stereocenters. The van der Waals surface area contributed by atoms with Crippen LogP contribution in [0.25, 0.3) is 0 Å². The molecule has 1 aromatic rings. The standard InChI is InChI=1S/C11H20N4O2S.ClH/c1-3-15-8-11(13-9-15)18(16,17)14(2)10-4-6-12-7-5-10;/h8-10,12H,3-7H2,1-2H3;1H.